The predicted molar refractivity (Wildman–Crippen MR) is 106 cm³/mol. The summed E-state index contributed by atoms with van der Waals surface area (Å²) >= 11 is 0. The molecule has 0 unspecified atom stereocenters. The average Bonchev–Trinajstić information content (AvgIpc) is 2.68. The van der Waals surface area contributed by atoms with Crippen LogP contribution in [0.15, 0.2) is 60.7 Å². The number of hydrogen-bond acceptors (Lipinski definition) is 3. The van der Waals surface area contributed by atoms with E-state index in [1.54, 1.807) is 0 Å². The molecule has 0 bridgehead atoms. The first-order valence-electron chi connectivity index (χ1n) is 8.87. The van der Waals surface area contributed by atoms with Crippen LogP contribution in [-0.4, -0.2) is 15.9 Å². The van der Waals surface area contributed by atoms with Crippen LogP contribution < -0.4 is 5.32 Å². The first-order valence-corrected chi connectivity index (χ1v) is 8.87. The van der Waals surface area contributed by atoms with Gasteiger partial charge in [-0.05, 0) is 43.2 Å². The summed E-state index contributed by atoms with van der Waals surface area (Å²) in [7, 11) is 0. The minimum absolute atomic E-state index is 0.108. The maximum absolute atomic E-state index is 12.3. The van der Waals surface area contributed by atoms with E-state index in [2.05, 4.69) is 27.4 Å². The quantitative estimate of drug-likeness (QED) is 0.743. The molecule has 26 heavy (non-hydrogen) atoms. The van der Waals surface area contributed by atoms with E-state index in [0.717, 1.165) is 22.5 Å². The number of aromatic nitrogens is 2. The van der Waals surface area contributed by atoms with E-state index in [-0.39, 0.29) is 5.91 Å². The molecule has 2 aromatic carbocycles. The molecule has 0 aliphatic rings. The molecule has 0 aliphatic heterocycles. The molecule has 3 rings (SSSR count). The van der Waals surface area contributed by atoms with E-state index >= 15 is 0 Å². The number of aryl methyl sites for hydroxylation is 2. The molecule has 1 aromatic heterocycles. The van der Waals surface area contributed by atoms with E-state index in [1.807, 2.05) is 76.2 Å². The van der Waals surface area contributed by atoms with Crippen molar-refractivity contribution in [3.63, 3.8) is 0 Å². The van der Waals surface area contributed by atoms with Crippen LogP contribution in [0.25, 0.3) is 11.1 Å². The topological polar surface area (TPSA) is 54.9 Å². The number of rotatable bonds is 4. The maximum atomic E-state index is 12.3. The SMILES string of the molecule is CC.Cc1cc(CNC(=O)c2ccc(-c3ccccc3)cc2)nc(C)n1. The summed E-state index contributed by atoms with van der Waals surface area (Å²) in [6.07, 6.45) is 0. The first kappa shape index (κ1) is 19.3. The van der Waals surface area contributed by atoms with Crippen LogP contribution in [0.3, 0.4) is 0 Å². The van der Waals surface area contributed by atoms with Crippen molar-refractivity contribution in [2.75, 3.05) is 0 Å². The Balaban J connectivity index is 0.00000117. The maximum Gasteiger partial charge on any atom is 0.251 e. The standard InChI is InChI=1S/C20H19N3O.C2H6/c1-14-12-19(23-15(2)22-14)13-21-20(24)18-10-8-17(9-11-18)16-6-4-3-5-7-16;1-2/h3-12H,13H2,1-2H3,(H,21,24);1-2H3. The van der Waals surface area contributed by atoms with Gasteiger partial charge in [0, 0.05) is 11.3 Å². The van der Waals surface area contributed by atoms with Gasteiger partial charge in [0.05, 0.1) is 12.2 Å². The number of nitrogens with one attached hydrogen (secondary N) is 1. The molecule has 0 aliphatic carbocycles. The third-order valence-electron chi connectivity index (χ3n) is 3.70. The van der Waals surface area contributed by atoms with Crippen LogP contribution in [0.1, 0.15) is 41.4 Å². The highest BCUT2D eigenvalue weighted by Gasteiger charge is 2.07. The van der Waals surface area contributed by atoms with E-state index in [0.29, 0.717) is 17.9 Å². The van der Waals surface area contributed by atoms with Gasteiger partial charge in [0.15, 0.2) is 0 Å². The Hall–Kier alpha value is -3.01. The second-order valence-electron chi connectivity index (χ2n) is 5.67. The highest BCUT2D eigenvalue weighted by atomic mass is 16.1. The van der Waals surface area contributed by atoms with Crippen molar-refractivity contribution in [1.82, 2.24) is 15.3 Å². The Labute approximate surface area is 155 Å². The van der Waals surface area contributed by atoms with E-state index in [1.165, 1.54) is 0 Å². The van der Waals surface area contributed by atoms with Crippen LogP contribution in [0.2, 0.25) is 0 Å². The minimum Gasteiger partial charge on any atom is -0.346 e. The molecule has 3 aromatic rings. The normalized spacial score (nSPS) is 9.85. The monoisotopic (exact) mass is 347 g/mol. The lowest BCUT2D eigenvalue weighted by molar-refractivity contribution is 0.0950. The predicted octanol–water partition coefficient (Wildman–Crippen LogP) is 4.72. The van der Waals surface area contributed by atoms with Gasteiger partial charge in [-0.25, -0.2) is 9.97 Å². The Morgan fingerprint density at radius 2 is 1.50 bits per heavy atom. The molecular formula is C22H25N3O. The zero-order valence-electron chi connectivity index (χ0n) is 15.8. The van der Waals surface area contributed by atoms with Gasteiger partial charge in [-0.15, -0.1) is 0 Å². The molecule has 1 heterocycles. The summed E-state index contributed by atoms with van der Waals surface area (Å²) in [4.78, 5) is 20.8. The molecule has 0 radical (unpaired) electrons. The van der Waals surface area contributed by atoms with Crippen molar-refractivity contribution in [3.8, 4) is 11.1 Å². The van der Waals surface area contributed by atoms with E-state index < -0.39 is 0 Å². The van der Waals surface area contributed by atoms with Gasteiger partial charge in [0.1, 0.15) is 5.82 Å². The Morgan fingerprint density at radius 3 is 2.12 bits per heavy atom. The lowest BCUT2D eigenvalue weighted by Crippen LogP contribution is -2.23. The Morgan fingerprint density at radius 1 is 0.885 bits per heavy atom. The Kier molecular flexibility index (Phi) is 7.03. The lowest BCUT2D eigenvalue weighted by Gasteiger charge is -2.07. The highest BCUT2D eigenvalue weighted by Crippen LogP contribution is 2.19. The molecule has 0 atom stereocenters. The third kappa shape index (κ3) is 5.24. The van der Waals surface area contributed by atoms with Crippen molar-refractivity contribution in [1.29, 1.82) is 0 Å². The summed E-state index contributed by atoms with van der Waals surface area (Å²) in [6, 6.07) is 19.6. The fourth-order valence-corrected chi connectivity index (χ4v) is 2.60. The van der Waals surface area contributed by atoms with E-state index in [4.69, 9.17) is 0 Å². The van der Waals surface area contributed by atoms with Crippen LogP contribution in [0.4, 0.5) is 0 Å². The largest absolute Gasteiger partial charge is 0.346 e. The molecule has 0 fully saturated rings. The van der Waals surface area contributed by atoms with Gasteiger partial charge in [-0.1, -0.05) is 56.3 Å². The fraction of sp³-hybridized carbons (Fsp3) is 0.227. The smallest absolute Gasteiger partial charge is 0.251 e. The van der Waals surface area contributed by atoms with Gasteiger partial charge in [-0.3, -0.25) is 4.79 Å². The van der Waals surface area contributed by atoms with Crippen LogP contribution >= 0.6 is 0 Å². The number of carbonyl (C=O) groups excluding carboxylic acids is 1. The molecule has 0 saturated carbocycles. The van der Waals surface area contributed by atoms with Crippen molar-refractivity contribution < 1.29 is 4.79 Å². The molecule has 4 nitrogen and oxygen atoms in total. The molecule has 134 valence electrons. The molecular weight excluding hydrogens is 322 g/mol. The third-order valence-corrected chi connectivity index (χ3v) is 3.70. The summed E-state index contributed by atoms with van der Waals surface area (Å²) in [6.45, 7) is 8.16. The summed E-state index contributed by atoms with van der Waals surface area (Å²) in [5, 5.41) is 2.90. The van der Waals surface area contributed by atoms with Gasteiger partial charge < -0.3 is 5.32 Å². The molecule has 1 N–H and O–H groups in total. The van der Waals surface area contributed by atoms with Crippen LogP contribution in [0, 0.1) is 13.8 Å². The molecule has 0 spiro atoms. The number of carbonyl (C=O) groups is 1. The van der Waals surface area contributed by atoms with Crippen molar-refractivity contribution in [2.45, 2.75) is 34.2 Å². The molecule has 1 amide bonds. The zero-order chi connectivity index (χ0) is 18.9. The average molecular weight is 347 g/mol. The summed E-state index contributed by atoms with van der Waals surface area (Å²) in [5.74, 6) is 0.606. The second-order valence-corrected chi connectivity index (χ2v) is 5.67. The number of hydrogen-bond donors (Lipinski definition) is 1. The zero-order valence-corrected chi connectivity index (χ0v) is 15.8. The van der Waals surface area contributed by atoms with Gasteiger partial charge in [-0.2, -0.15) is 0 Å². The highest BCUT2D eigenvalue weighted by molar-refractivity contribution is 5.94. The van der Waals surface area contributed by atoms with Crippen molar-refractivity contribution in [3.05, 3.63) is 83.4 Å². The van der Waals surface area contributed by atoms with Gasteiger partial charge >= 0.3 is 0 Å². The van der Waals surface area contributed by atoms with Gasteiger partial charge in [0.2, 0.25) is 0 Å². The number of benzene rings is 2. The summed E-state index contributed by atoms with van der Waals surface area (Å²) < 4.78 is 0. The van der Waals surface area contributed by atoms with Crippen LogP contribution in [0.5, 0.6) is 0 Å². The number of amides is 1. The fourth-order valence-electron chi connectivity index (χ4n) is 2.60. The van der Waals surface area contributed by atoms with E-state index in [9.17, 15) is 4.79 Å². The number of nitrogens with zero attached hydrogens (tertiary/aromatic N) is 2. The summed E-state index contributed by atoms with van der Waals surface area (Å²) in [5.41, 5.74) is 4.58. The molecule has 4 heteroatoms. The lowest BCUT2D eigenvalue weighted by atomic mass is 10.0. The minimum atomic E-state index is -0.108. The molecule has 0 saturated heterocycles. The second kappa shape index (κ2) is 9.47. The van der Waals surface area contributed by atoms with Gasteiger partial charge in [0.25, 0.3) is 5.91 Å². The van der Waals surface area contributed by atoms with Crippen LogP contribution in [-0.2, 0) is 6.54 Å². The van der Waals surface area contributed by atoms with Crippen molar-refractivity contribution >= 4 is 5.91 Å². The first-order chi connectivity index (χ1) is 12.6. The Bertz CT molecular complexity index is 823. The van der Waals surface area contributed by atoms with Crippen molar-refractivity contribution in [2.24, 2.45) is 0 Å².